The molecule has 1 heterocycles. The van der Waals surface area contributed by atoms with E-state index in [4.69, 9.17) is 4.74 Å². The van der Waals surface area contributed by atoms with Crippen molar-refractivity contribution in [3.63, 3.8) is 0 Å². The number of nitrogens with zero attached hydrogens (tertiary/aromatic N) is 1. The summed E-state index contributed by atoms with van der Waals surface area (Å²) in [5, 5.41) is 2.73. The number of carbonyl (C=O) groups is 2. The van der Waals surface area contributed by atoms with Gasteiger partial charge in [-0.25, -0.2) is 4.79 Å². The van der Waals surface area contributed by atoms with Crippen molar-refractivity contribution in [3.8, 4) is 0 Å². The highest BCUT2D eigenvalue weighted by Gasteiger charge is 2.18. The first kappa shape index (κ1) is 15.2. The van der Waals surface area contributed by atoms with Gasteiger partial charge in [0.15, 0.2) is 0 Å². The van der Waals surface area contributed by atoms with E-state index in [0.29, 0.717) is 36.5 Å². The van der Waals surface area contributed by atoms with Gasteiger partial charge in [-0.2, -0.15) is 0 Å². The highest BCUT2D eigenvalue weighted by atomic mass is 16.5. The minimum Gasteiger partial charge on any atom is -0.462 e. The number of hydrogen-bond acceptors (Lipinski definition) is 4. The van der Waals surface area contributed by atoms with Gasteiger partial charge >= 0.3 is 5.97 Å². The molecule has 0 atom stereocenters. The zero-order valence-electron chi connectivity index (χ0n) is 11.9. The molecule has 0 spiro atoms. The number of H-pyrrole nitrogens is 1. The van der Waals surface area contributed by atoms with Crippen molar-refractivity contribution < 1.29 is 14.3 Å². The Labute approximate surface area is 113 Å². The Kier molecular flexibility index (Phi) is 5.57. The van der Waals surface area contributed by atoms with Crippen molar-refractivity contribution in [1.82, 2.24) is 9.88 Å². The van der Waals surface area contributed by atoms with Crippen LogP contribution in [0.3, 0.4) is 0 Å². The Morgan fingerprint density at radius 2 is 2.11 bits per heavy atom. The second-order valence-corrected chi connectivity index (χ2v) is 4.52. The van der Waals surface area contributed by atoms with Crippen LogP contribution in [0.5, 0.6) is 0 Å². The van der Waals surface area contributed by atoms with E-state index in [0.717, 1.165) is 0 Å². The number of aromatic amines is 1. The van der Waals surface area contributed by atoms with E-state index in [9.17, 15) is 9.59 Å². The number of esters is 1. The maximum atomic E-state index is 11.8. The molecule has 1 amide bonds. The molecule has 2 N–H and O–H groups in total. The standard InChI is InChI=1S/C13H21N3O3/c1-5-19-13(18)12-9(2)14-8-10(12)15-11(17)6-7-16(3)4/h8,14H,5-7H2,1-4H3,(H,15,17). The number of anilines is 1. The molecule has 0 saturated carbocycles. The average Bonchev–Trinajstić information content (AvgIpc) is 2.68. The Hall–Kier alpha value is -1.82. The molecule has 0 bridgehead atoms. The lowest BCUT2D eigenvalue weighted by atomic mass is 10.2. The number of aromatic nitrogens is 1. The number of amides is 1. The van der Waals surface area contributed by atoms with Crippen LogP contribution in [0, 0.1) is 6.92 Å². The predicted molar refractivity (Wildman–Crippen MR) is 73.3 cm³/mol. The van der Waals surface area contributed by atoms with Crippen molar-refractivity contribution in [2.75, 3.05) is 32.6 Å². The fourth-order valence-electron chi connectivity index (χ4n) is 1.63. The lowest BCUT2D eigenvalue weighted by Gasteiger charge is -2.10. The molecule has 19 heavy (non-hydrogen) atoms. The molecule has 0 aliphatic rings. The number of aryl methyl sites for hydroxylation is 1. The second-order valence-electron chi connectivity index (χ2n) is 4.52. The number of nitrogens with one attached hydrogen (secondary N) is 2. The van der Waals surface area contributed by atoms with E-state index in [-0.39, 0.29) is 5.91 Å². The molecule has 1 aromatic heterocycles. The smallest absolute Gasteiger partial charge is 0.342 e. The maximum Gasteiger partial charge on any atom is 0.342 e. The summed E-state index contributed by atoms with van der Waals surface area (Å²) in [5.74, 6) is -0.553. The summed E-state index contributed by atoms with van der Waals surface area (Å²) < 4.78 is 4.97. The number of ether oxygens (including phenoxy) is 1. The summed E-state index contributed by atoms with van der Waals surface area (Å²) in [5.41, 5.74) is 1.54. The lowest BCUT2D eigenvalue weighted by Crippen LogP contribution is -2.21. The van der Waals surface area contributed by atoms with Gasteiger partial charge in [0.2, 0.25) is 5.91 Å². The maximum absolute atomic E-state index is 11.8. The van der Waals surface area contributed by atoms with Gasteiger partial charge in [-0.05, 0) is 27.9 Å². The third kappa shape index (κ3) is 4.40. The van der Waals surface area contributed by atoms with Crippen molar-refractivity contribution in [2.24, 2.45) is 0 Å². The third-order valence-corrected chi connectivity index (χ3v) is 2.62. The predicted octanol–water partition coefficient (Wildman–Crippen LogP) is 1.39. The minimum atomic E-state index is -0.427. The van der Waals surface area contributed by atoms with E-state index in [1.165, 1.54) is 0 Å². The zero-order chi connectivity index (χ0) is 14.4. The molecule has 6 nitrogen and oxygen atoms in total. The van der Waals surface area contributed by atoms with E-state index < -0.39 is 5.97 Å². The molecule has 1 rings (SSSR count). The van der Waals surface area contributed by atoms with Crippen LogP contribution in [0.1, 0.15) is 29.4 Å². The zero-order valence-corrected chi connectivity index (χ0v) is 11.9. The van der Waals surface area contributed by atoms with Crippen molar-refractivity contribution in [1.29, 1.82) is 0 Å². The second kappa shape index (κ2) is 6.94. The van der Waals surface area contributed by atoms with Crippen LogP contribution in [-0.4, -0.2) is 49.0 Å². The number of hydrogen-bond donors (Lipinski definition) is 2. The molecule has 0 aliphatic carbocycles. The van der Waals surface area contributed by atoms with Crippen LogP contribution in [0.4, 0.5) is 5.69 Å². The largest absolute Gasteiger partial charge is 0.462 e. The molecular formula is C13H21N3O3. The number of rotatable bonds is 6. The molecule has 0 fully saturated rings. The first-order chi connectivity index (χ1) is 8.95. The SMILES string of the molecule is CCOC(=O)c1c(NC(=O)CCN(C)C)c[nH]c1C. The third-order valence-electron chi connectivity index (χ3n) is 2.62. The van der Waals surface area contributed by atoms with Gasteiger partial charge in [0.1, 0.15) is 5.56 Å². The van der Waals surface area contributed by atoms with Crippen LogP contribution in [0.2, 0.25) is 0 Å². The Balaban J connectivity index is 2.73. The summed E-state index contributed by atoms with van der Waals surface area (Å²) in [7, 11) is 3.80. The fourth-order valence-corrected chi connectivity index (χ4v) is 1.63. The van der Waals surface area contributed by atoms with Gasteiger partial charge in [0.05, 0.1) is 12.3 Å². The first-order valence-electron chi connectivity index (χ1n) is 6.25. The van der Waals surface area contributed by atoms with E-state index in [1.807, 2.05) is 19.0 Å². The Morgan fingerprint density at radius 1 is 1.42 bits per heavy atom. The monoisotopic (exact) mass is 267 g/mol. The highest BCUT2D eigenvalue weighted by molar-refractivity contribution is 6.02. The van der Waals surface area contributed by atoms with Gasteiger partial charge in [-0.15, -0.1) is 0 Å². The fraction of sp³-hybridized carbons (Fsp3) is 0.538. The first-order valence-corrected chi connectivity index (χ1v) is 6.25. The Morgan fingerprint density at radius 3 is 2.68 bits per heavy atom. The summed E-state index contributed by atoms with van der Waals surface area (Å²) in [6.07, 6.45) is 1.98. The molecular weight excluding hydrogens is 246 g/mol. The van der Waals surface area contributed by atoms with Crippen LogP contribution < -0.4 is 5.32 Å². The summed E-state index contributed by atoms with van der Waals surface area (Å²) in [6, 6.07) is 0. The topological polar surface area (TPSA) is 74.4 Å². The van der Waals surface area contributed by atoms with Gasteiger partial charge in [-0.1, -0.05) is 0 Å². The van der Waals surface area contributed by atoms with Crippen LogP contribution >= 0.6 is 0 Å². The molecule has 106 valence electrons. The quantitative estimate of drug-likeness (QED) is 0.764. The summed E-state index contributed by atoms with van der Waals surface area (Å²) >= 11 is 0. The normalized spacial score (nSPS) is 10.6. The van der Waals surface area contributed by atoms with Crippen LogP contribution in [-0.2, 0) is 9.53 Å². The highest BCUT2D eigenvalue weighted by Crippen LogP contribution is 2.20. The van der Waals surface area contributed by atoms with Gasteiger partial charge in [-0.3, -0.25) is 4.79 Å². The summed E-state index contributed by atoms with van der Waals surface area (Å²) in [4.78, 5) is 28.4. The molecule has 0 aromatic carbocycles. The molecule has 1 aromatic rings. The lowest BCUT2D eigenvalue weighted by molar-refractivity contribution is -0.116. The average molecular weight is 267 g/mol. The molecule has 0 aliphatic heterocycles. The van der Waals surface area contributed by atoms with E-state index in [2.05, 4.69) is 10.3 Å². The van der Waals surface area contributed by atoms with E-state index in [1.54, 1.807) is 20.0 Å². The summed E-state index contributed by atoms with van der Waals surface area (Å²) in [6.45, 7) is 4.47. The molecule has 0 saturated heterocycles. The van der Waals surface area contributed by atoms with E-state index >= 15 is 0 Å². The van der Waals surface area contributed by atoms with Crippen molar-refractivity contribution in [3.05, 3.63) is 17.5 Å². The van der Waals surface area contributed by atoms with Crippen LogP contribution in [0.25, 0.3) is 0 Å². The molecule has 0 radical (unpaired) electrons. The molecule has 6 heteroatoms. The van der Waals surface area contributed by atoms with Gasteiger partial charge in [0.25, 0.3) is 0 Å². The minimum absolute atomic E-state index is 0.127. The van der Waals surface area contributed by atoms with Crippen LogP contribution in [0.15, 0.2) is 6.20 Å². The number of carbonyl (C=O) groups excluding carboxylic acids is 2. The van der Waals surface area contributed by atoms with Crippen molar-refractivity contribution >= 4 is 17.6 Å². The van der Waals surface area contributed by atoms with Gasteiger partial charge < -0.3 is 19.9 Å². The Bertz CT molecular complexity index is 452. The van der Waals surface area contributed by atoms with Gasteiger partial charge in [0, 0.05) is 24.9 Å². The molecule has 0 unspecified atom stereocenters. The van der Waals surface area contributed by atoms with Crippen molar-refractivity contribution in [2.45, 2.75) is 20.3 Å².